The molecule has 108 valence electrons. The number of rotatable bonds is 13. The summed E-state index contributed by atoms with van der Waals surface area (Å²) in [4.78, 5) is 0. The van der Waals surface area contributed by atoms with Crippen LogP contribution in [0, 0.1) is 5.92 Å². The molecule has 1 heteroatoms. The van der Waals surface area contributed by atoms with E-state index in [2.05, 4.69) is 32.7 Å². The van der Waals surface area contributed by atoms with Crippen LogP contribution in [0.5, 0.6) is 0 Å². The summed E-state index contributed by atoms with van der Waals surface area (Å²) in [7, 11) is 0. The Morgan fingerprint density at radius 3 is 1.72 bits per heavy atom. The maximum Gasteiger partial charge on any atom is 0.0143 e. The molecule has 0 aliphatic carbocycles. The van der Waals surface area contributed by atoms with E-state index >= 15 is 0 Å². The summed E-state index contributed by atoms with van der Waals surface area (Å²) in [5.41, 5.74) is 1.19. The Morgan fingerprint density at radius 2 is 1.28 bits per heavy atom. The summed E-state index contributed by atoms with van der Waals surface area (Å²) < 4.78 is 0. The van der Waals surface area contributed by atoms with Crippen LogP contribution in [0.3, 0.4) is 0 Å². The SMILES string of the molecule is C=C(NCCCCCCCCCCCC)C(C)C. The molecule has 0 unspecified atom stereocenters. The molecular weight excluding hydrogens is 218 g/mol. The number of unbranched alkanes of at least 4 members (excludes halogenated alkanes) is 9. The van der Waals surface area contributed by atoms with Crippen LogP contribution in [0.25, 0.3) is 0 Å². The first-order valence-corrected chi connectivity index (χ1v) is 8.11. The highest BCUT2D eigenvalue weighted by Gasteiger charge is 1.98. The van der Waals surface area contributed by atoms with Crippen molar-refractivity contribution < 1.29 is 0 Å². The molecule has 0 saturated carbocycles. The molecule has 0 heterocycles. The van der Waals surface area contributed by atoms with Gasteiger partial charge in [-0.1, -0.05) is 85.1 Å². The van der Waals surface area contributed by atoms with Crippen molar-refractivity contribution in [2.45, 2.75) is 85.0 Å². The Morgan fingerprint density at radius 1 is 0.833 bits per heavy atom. The first-order valence-electron chi connectivity index (χ1n) is 8.11. The molecule has 0 radical (unpaired) electrons. The molecule has 0 fully saturated rings. The highest BCUT2D eigenvalue weighted by molar-refractivity contribution is 4.93. The molecular formula is C17H35N. The molecule has 0 aromatic heterocycles. The van der Waals surface area contributed by atoms with Crippen molar-refractivity contribution in [2.75, 3.05) is 6.54 Å². The molecule has 0 spiro atoms. The van der Waals surface area contributed by atoms with Crippen LogP contribution in [-0.4, -0.2) is 6.54 Å². The minimum Gasteiger partial charge on any atom is -0.389 e. The van der Waals surface area contributed by atoms with Crippen molar-refractivity contribution in [3.8, 4) is 0 Å². The van der Waals surface area contributed by atoms with Gasteiger partial charge in [0.2, 0.25) is 0 Å². The fourth-order valence-corrected chi connectivity index (χ4v) is 2.07. The molecule has 0 saturated heterocycles. The Labute approximate surface area is 115 Å². The van der Waals surface area contributed by atoms with Crippen LogP contribution in [0.1, 0.15) is 85.0 Å². The van der Waals surface area contributed by atoms with E-state index < -0.39 is 0 Å². The van der Waals surface area contributed by atoms with Gasteiger partial charge < -0.3 is 5.32 Å². The Hall–Kier alpha value is -0.460. The maximum absolute atomic E-state index is 4.03. The summed E-state index contributed by atoms with van der Waals surface area (Å²) in [5.74, 6) is 0.563. The highest BCUT2D eigenvalue weighted by Crippen LogP contribution is 2.10. The van der Waals surface area contributed by atoms with Gasteiger partial charge >= 0.3 is 0 Å². The molecule has 0 atom stereocenters. The molecule has 0 aliphatic rings. The van der Waals surface area contributed by atoms with E-state index in [0.29, 0.717) is 5.92 Å². The monoisotopic (exact) mass is 253 g/mol. The molecule has 1 N–H and O–H groups in total. The van der Waals surface area contributed by atoms with Crippen LogP contribution < -0.4 is 5.32 Å². The molecule has 1 nitrogen and oxygen atoms in total. The Bertz CT molecular complexity index is 184. The van der Waals surface area contributed by atoms with Crippen LogP contribution in [0.4, 0.5) is 0 Å². The van der Waals surface area contributed by atoms with Crippen LogP contribution >= 0.6 is 0 Å². The van der Waals surface area contributed by atoms with Gasteiger partial charge in [-0.15, -0.1) is 0 Å². The van der Waals surface area contributed by atoms with Gasteiger partial charge in [0.1, 0.15) is 0 Å². The Balaban J connectivity index is 3.05. The second-order valence-corrected chi connectivity index (χ2v) is 5.79. The molecule has 0 rings (SSSR count). The molecule has 0 aromatic rings. The minimum absolute atomic E-state index is 0.563. The fourth-order valence-electron chi connectivity index (χ4n) is 2.07. The second kappa shape index (κ2) is 13.0. The summed E-state index contributed by atoms with van der Waals surface area (Å²) in [6.45, 7) is 11.8. The third-order valence-corrected chi connectivity index (χ3v) is 3.58. The summed E-state index contributed by atoms with van der Waals surface area (Å²) in [5, 5.41) is 3.41. The Kier molecular flexibility index (Phi) is 12.7. The van der Waals surface area contributed by atoms with Gasteiger partial charge in [-0.25, -0.2) is 0 Å². The quantitative estimate of drug-likeness (QED) is 0.417. The maximum atomic E-state index is 4.03. The van der Waals surface area contributed by atoms with Crippen molar-refractivity contribution in [3.63, 3.8) is 0 Å². The van der Waals surface area contributed by atoms with Crippen LogP contribution in [0.15, 0.2) is 12.3 Å². The topological polar surface area (TPSA) is 12.0 Å². The van der Waals surface area contributed by atoms with Gasteiger partial charge in [0.25, 0.3) is 0 Å². The predicted molar refractivity (Wildman–Crippen MR) is 83.8 cm³/mol. The van der Waals surface area contributed by atoms with E-state index in [4.69, 9.17) is 0 Å². The predicted octanol–water partition coefficient (Wildman–Crippen LogP) is 5.67. The largest absolute Gasteiger partial charge is 0.389 e. The lowest BCUT2D eigenvalue weighted by molar-refractivity contribution is 0.546. The third kappa shape index (κ3) is 12.0. The van der Waals surface area contributed by atoms with Gasteiger partial charge in [-0.2, -0.15) is 0 Å². The van der Waals surface area contributed by atoms with E-state index in [-0.39, 0.29) is 0 Å². The first kappa shape index (κ1) is 17.5. The number of hydrogen-bond donors (Lipinski definition) is 1. The van der Waals surface area contributed by atoms with Gasteiger partial charge in [0.15, 0.2) is 0 Å². The lowest BCUT2D eigenvalue weighted by Crippen LogP contribution is -2.17. The zero-order valence-electron chi connectivity index (χ0n) is 13.1. The normalized spacial score (nSPS) is 10.9. The molecule has 18 heavy (non-hydrogen) atoms. The molecule has 0 bridgehead atoms. The lowest BCUT2D eigenvalue weighted by atomic mass is 10.1. The van der Waals surface area contributed by atoms with Gasteiger partial charge in [0.05, 0.1) is 0 Å². The number of nitrogens with one attached hydrogen (secondary N) is 1. The standard InChI is InChI=1S/C17H35N/c1-5-6-7-8-9-10-11-12-13-14-15-18-17(4)16(2)3/h16,18H,4-15H2,1-3H3. The zero-order valence-corrected chi connectivity index (χ0v) is 13.1. The lowest BCUT2D eigenvalue weighted by Gasteiger charge is -2.12. The number of hydrogen-bond acceptors (Lipinski definition) is 1. The van der Waals surface area contributed by atoms with E-state index in [0.717, 1.165) is 6.54 Å². The van der Waals surface area contributed by atoms with Gasteiger partial charge in [-0.05, 0) is 12.3 Å². The fraction of sp³-hybridized carbons (Fsp3) is 0.882. The third-order valence-electron chi connectivity index (χ3n) is 3.58. The molecule has 0 amide bonds. The average Bonchev–Trinajstić information content (AvgIpc) is 2.35. The van der Waals surface area contributed by atoms with Gasteiger partial charge in [-0.3, -0.25) is 0 Å². The summed E-state index contributed by atoms with van der Waals surface area (Å²) in [6, 6.07) is 0. The smallest absolute Gasteiger partial charge is 0.0143 e. The molecule has 0 aromatic carbocycles. The van der Waals surface area contributed by atoms with Crippen molar-refractivity contribution in [2.24, 2.45) is 5.92 Å². The van der Waals surface area contributed by atoms with Crippen molar-refractivity contribution >= 4 is 0 Å². The second-order valence-electron chi connectivity index (χ2n) is 5.79. The van der Waals surface area contributed by atoms with E-state index in [1.165, 1.54) is 69.9 Å². The molecule has 0 aliphatic heterocycles. The zero-order chi connectivity index (χ0) is 13.6. The minimum atomic E-state index is 0.563. The van der Waals surface area contributed by atoms with E-state index in [1.54, 1.807) is 0 Å². The van der Waals surface area contributed by atoms with Crippen LogP contribution in [0.2, 0.25) is 0 Å². The van der Waals surface area contributed by atoms with Crippen molar-refractivity contribution in [1.82, 2.24) is 5.32 Å². The first-order chi connectivity index (χ1) is 8.68. The average molecular weight is 253 g/mol. The van der Waals surface area contributed by atoms with Crippen molar-refractivity contribution in [1.29, 1.82) is 0 Å². The number of allylic oxidation sites excluding steroid dienone is 1. The van der Waals surface area contributed by atoms with Crippen molar-refractivity contribution in [3.05, 3.63) is 12.3 Å². The van der Waals surface area contributed by atoms with E-state index in [9.17, 15) is 0 Å². The summed E-state index contributed by atoms with van der Waals surface area (Å²) >= 11 is 0. The van der Waals surface area contributed by atoms with Crippen LogP contribution in [-0.2, 0) is 0 Å². The summed E-state index contributed by atoms with van der Waals surface area (Å²) in [6.07, 6.45) is 14.1. The van der Waals surface area contributed by atoms with E-state index in [1.807, 2.05) is 0 Å². The highest BCUT2D eigenvalue weighted by atomic mass is 14.9. The van der Waals surface area contributed by atoms with Gasteiger partial charge in [0, 0.05) is 12.2 Å².